The van der Waals surface area contributed by atoms with Crippen LogP contribution in [-0.2, 0) is 12.3 Å². The molecule has 90 valence electrons. The minimum Gasteiger partial charge on any atom is -0.326 e. The highest BCUT2D eigenvalue weighted by atomic mass is 32.2. The van der Waals surface area contributed by atoms with Crippen LogP contribution in [0.15, 0.2) is 18.2 Å². The molecule has 2 N–H and O–H groups in total. The molecular weight excluding hydrogens is 221 g/mol. The molecule has 0 aliphatic rings. The van der Waals surface area contributed by atoms with Gasteiger partial charge in [0.1, 0.15) is 5.82 Å². The summed E-state index contributed by atoms with van der Waals surface area (Å²) < 4.78 is 13.0. The highest BCUT2D eigenvalue weighted by Crippen LogP contribution is 2.18. The zero-order chi connectivity index (χ0) is 11.8. The maximum atomic E-state index is 13.0. The van der Waals surface area contributed by atoms with Crippen LogP contribution in [0.5, 0.6) is 0 Å². The van der Waals surface area contributed by atoms with Crippen LogP contribution in [-0.4, -0.2) is 5.75 Å². The van der Waals surface area contributed by atoms with Crippen LogP contribution in [0.25, 0.3) is 0 Å². The second kappa shape index (κ2) is 7.69. The van der Waals surface area contributed by atoms with Gasteiger partial charge in [-0.25, -0.2) is 4.39 Å². The Morgan fingerprint density at radius 1 is 1.25 bits per heavy atom. The second-order valence-electron chi connectivity index (χ2n) is 3.88. The lowest BCUT2D eigenvalue weighted by atomic mass is 10.1. The van der Waals surface area contributed by atoms with E-state index >= 15 is 0 Å². The molecular formula is C13H20FNS. The van der Waals surface area contributed by atoms with Gasteiger partial charge in [-0.3, -0.25) is 0 Å². The highest BCUT2D eigenvalue weighted by Gasteiger charge is 2.02. The van der Waals surface area contributed by atoms with Crippen LogP contribution in [0, 0.1) is 5.82 Å². The Labute approximate surface area is 102 Å². The van der Waals surface area contributed by atoms with Crippen molar-refractivity contribution in [3.05, 3.63) is 35.1 Å². The van der Waals surface area contributed by atoms with Crippen molar-refractivity contribution < 1.29 is 4.39 Å². The van der Waals surface area contributed by atoms with Gasteiger partial charge in [0.25, 0.3) is 0 Å². The molecule has 1 nitrogen and oxygen atoms in total. The van der Waals surface area contributed by atoms with Crippen molar-refractivity contribution in [1.82, 2.24) is 0 Å². The SMILES string of the molecule is CCCCCSCc1ccc(F)cc1CN. The standard InChI is InChI=1S/C13H20FNS/c1-2-3-4-7-16-10-11-5-6-13(14)8-12(11)9-15/h5-6,8H,2-4,7,9-10,15H2,1H3. The smallest absolute Gasteiger partial charge is 0.123 e. The molecule has 0 bridgehead atoms. The van der Waals surface area contributed by atoms with E-state index in [0.717, 1.165) is 11.3 Å². The van der Waals surface area contributed by atoms with E-state index in [9.17, 15) is 4.39 Å². The van der Waals surface area contributed by atoms with Crippen molar-refractivity contribution in [1.29, 1.82) is 0 Å². The van der Waals surface area contributed by atoms with Crippen LogP contribution in [0.1, 0.15) is 37.3 Å². The molecule has 1 aromatic rings. The third-order valence-electron chi connectivity index (χ3n) is 2.54. The predicted molar refractivity (Wildman–Crippen MR) is 70.0 cm³/mol. The number of halogens is 1. The molecule has 1 aromatic carbocycles. The maximum absolute atomic E-state index is 13.0. The lowest BCUT2D eigenvalue weighted by molar-refractivity contribution is 0.624. The number of hydrogen-bond donors (Lipinski definition) is 1. The fourth-order valence-corrected chi connectivity index (χ4v) is 2.62. The van der Waals surface area contributed by atoms with Crippen LogP contribution in [0.3, 0.4) is 0 Å². The third-order valence-corrected chi connectivity index (χ3v) is 3.63. The number of nitrogens with two attached hydrogens (primary N) is 1. The van der Waals surface area contributed by atoms with E-state index in [-0.39, 0.29) is 5.82 Å². The summed E-state index contributed by atoms with van der Waals surface area (Å²) in [7, 11) is 0. The van der Waals surface area contributed by atoms with Crippen molar-refractivity contribution in [2.24, 2.45) is 5.73 Å². The van der Waals surface area contributed by atoms with Gasteiger partial charge in [0.05, 0.1) is 0 Å². The summed E-state index contributed by atoms with van der Waals surface area (Å²) in [5.74, 6) is 1.92. The molecule has 1 rings (SSSR count). The molecule has 16 heavy (non-hydrogen) atoms. The lowest BCUT2D eigenvalue weighted by Gasteiger charge is -2.07. The number of benzene rings is 1. The van der Waals surface area contributed by atoms with Gasteiger partial charge in [-0.2, -0.15) is 11.8 Å². The summed E-state index contributed by atoms with van der Waals surface area (Å²) in [5, 5.41) is 0. The second-order valence-corrected chi connectivity index (χ2v) is 4.98. The molecule has 0 saturated carbocycles. The summed E-state index contributed by atoms with van der Waals surface area (Å²) in [6, 6.07) is 4.91. The van der Waals surface area contributed by atoms with E-state index < -0.39 is 0 Å². The maximum Gasteiger partial charge on any atom is 0.123 e. The molecule has 3 heteroatoms. The van der Waals surface area contributed by atoms with Gasteiger partial charge < -0.3 is 5.73 Å². The first kappa shape index (κ1) is 13.5. The number of rotatable bonds is 7. The average Bonchev–Trinajstić information content (AvgIpc) is 2.30. The molecule has 0 amide bonds. The van der Waals surface area contributed by atoms with Crippen LogP contribution in [0.4, 0.5) is 4.39 Å². The topological polar surface area (TPSA) is 26.0 Å². The lowest BCUT2D eigenvalue weighted by Crippen LogP contribution is -2.01. The predicted octanol–water partition coefficient (Wildman–Crippen LogP) is 3.71. The number of unbranched alkanes of at least 4 members (excludes halogenated alkanes) is 2. The van der Waals surface area contributed by atoms with Gasteiger partial charge in [0, 0.05) is 12.3 Å². The summed E-state index contributed by atoms with van der Waals surface area (Å²) >= 11 is 1.90. The van der Waals surface area contributed by atoms with Crippen molar-refractivity contribution in [2.45, 2.75) is 38.5 Å². The van der Waals surface area contributed by atoms with E-state index in [1.54, 1.807) is 6.07 Å². The van der Waals surface area contributed by atoms with Gasteiger partial charge in [-0.15, -0.1) is 0 Å². The van der Waals surface area contributed by atoms with Crippen LogP contribution < -0.4 is 5.73 Å². The minimum atomic E-state index is -0.194. The van der Waals surface area contributed by atoms with Gasteiger partial charge >= 0.3 is 0 Å². The first-order valence-electron chi connectivity index (χ1n) is 5.83. The molecule has 0 unspecified atom stereocenters. The normalized spacial score (nSPS) is 10.7. The van der Waals surface area contributed by atoms with E-state index in [2.05, 4.69) is 6.92 Å². The molecule has 0 spiro atoms. The fraction of sp³-hybridized carbons (Fsp3) is 0.538. The molecule has 0 aliphatic carbocycles. The Morgan fingerprint density at radius 3 is 2.75 bits per heavy atom. The van der Waals surface area contributed by atoms with Gasteiger partial charge in [0.2, 0.25) is 0 Å². The molecule has 0 aliphatic heterocycles. The number of thioether (sulfide) groups is 1. The van der Waals surface area contributed by atoms with E-state index in [4.69, 9.17) is 5.73 Å². The Balaban J connectivity index is 2.41. The molecule has 0 heterocycles. The molecule has 0 fully saturated rings. The quantitative estimate of drug-likeness (QED) is 0.736. The Hall–Kier alpha value is -0.540. The summed E-state index contributed by atoms with van der Waals surface area (Å²) in [4.78, 5) is 0. The summed E-state index contributed by atoms with van der Waals surface area (Å²) in [6.45, 7) is 2.62. The van der Waals surface area contributed by atoms with E-state index in [1.165, 1.54) is 36.6 Å². The first-order chi connectivity index (χ1) is 7.77. The zero-order valence-corrected chi connectivity index (χ0v) is 10.7. The van der Waals surface area contributed by atoms with Crippen molar-refractivity contribution in [2.75, 3.05) is 5.75 Å². The van der Waals surface area contributed by atoms with Gasteiger partial charge in [0.15, 0.2) is 0 Å². The number of hydrogen-bond acceptors (Lipinski definition) is 2. The molecule has 0 atom stereocenters. The highest BCUT2D eigenvalue weighted by molar-refractivity contribution is 7.98. The average molecular weight is 241 g/mol. The van der Waals surface area contributed by atoms with Crippen LogP contribution >= 0.6 is 11.8 Å². The monoisotopic (exact) mass is 241 g/mol. The molecule has 0 radical (unpaired) electrons. The molecule has 0 aromatic heterocycles. The third kappa shape index (κ3) is 4.54. The minimum absolute atomic E-state index is 0.194. The Bertz CT molecular complexity index is 315. The van der Waals surface area contributed by atoms with E-state index in [0.29, 0.717) is 6.54 Å². The van der Waals surface area contributed by atoms with E-state index in [1.807, 2.05) is 17.8 Å². The van der Waals surface area contributed by atoms with Crippen molar-refractivity contribution >= 4 is 11.8 Å². The Kier molecular flexibility index (Phi) is 6.50. The first-order valence-corrected chi connectivity index (χ1v) is 6.98. The fourth-order valence-electron chi connectivity index (χ4n) is 1.56. The largest absolute Gasteiger partial charge is 0.326 e. The Morgan fingerprint density at radius 2 is 2.06 bits per heavy atom. The summed E-state index contributed by atoms with van der Waals surface area (Å²) in [6.07, 6.45) is 3.81. The summed E-state index contributed by atoms with van der Waals surface area (Å²) in [5.41, 5.74) is 7.70. The van der Waals surface area contributed by atoms with Crippen molar-refractivity contribution in [3.63, 3.8) is 0 Å². The zero-order valence-electron chi connectivity index (χ0n) is 9.84. The van der Waals surface area contributed by atoms with Crippen LogP contribution in [0.2, 0.25) is 0 Å². The van der Waals surface area contributed by atoms with Crippen molar-refractivity contribution in [3.8, 4) is 0 Å². The van der Waals surface area contributed by atoms with Gasteiger partial charge in [-0.1, -0.05) is 25.8 Å². The molecule has 0 saturated heterocycles. The van der Waals surface area contributed by atoms with Gasteiger partial charge in [-0.05, 0) is 35.4 Å².